The van der Waals surface area contributed by atoms with Crippen LogP contribution in [0.25, 0.3) is 0 Å². The lowest BCUT2D eigenvalue weighted by atomic mass is 10.0. The van der Waals surface area contributed by atoms with Crippen molar-refractivity contribution in [3.05, 3.63) is 6.33 Å². The van der Waals surface area contributed by atoms with Crippen molar-refractivity contribution in [2.75, 3.05) is 5.75 Å². The van der Waals surface area contributed by atoms with Crippen LogP contribution in [-0.4, -0.2) is 43.5 Å². The molecule has 8 heteroatoms. The fourth-order valence-corrected chi connectivity index (χ4v) is 2.56. The van der Waals surface area contributed by atoms with Gasteiger partial charge in [0.15, 0.2) is 5.16 Å². The van der Waals surface area contributed by atoms with Gasteiger partial charge >= 0.3 is 5.97 Å². The average Bonchev–Trinajstić information content (AvgIpc) is 2.83. The third kappa shape index (κ3) is 5.74. The molecule has 118 valence electrons. The summed E-state index contributed by atoms with van der Waals surface area (Å²) in [6.45, 7) is 7.79. The van der Waals surface area contributed by atoms with Crippen molar-refractivity contribution in [2.24, 2.45) is 5.92 Å². The van der Waals surface area contributed by atoms with Gasteiger partial charge in [-0.1, -0.05) is 25.6 Å². The molecule has 0 saturated carbocycles. The van der Waals surface area contributed by atoms with Crippen molar-refractivity contribution < 1.29 is 14.7 Å². The summed E-state index contributed by atoms with van der Waals surface area (Å²) in [7, 11) is 0. The third-order valence-corrected chi connectivity index (χ3v) is 3.93. The Bertz CT molecular complexity index is 488. The SMILES string of the molecule is CC(C)C(CC(=O)O)NC(=O)CSc1nncn1C(C)C. The minimum Gasteiger partial charge on any atom is -0.481 e. The zero-order chi connectivity index (χ0) is 16.0. The molecule has 1 aromatic rings. The number of hydrogen-bond acceptors (Lipinski definition) is 5. The molecule has 2 N–H and O–H groups in total. The van der Waals surface area contributed by atoms with Crippen molar-refractivity contribution in [1.29, 1.82) is 0 Å². The predicted molar refractivity (Wildman–Crippen MR) is 80.2 cm³/mol. The molecule has 0 radical (unpaired) electrons. The van der Waals surface area contributed by atoms with Gasteiger partial charge in [0, 0.05) is 12.1 Å². The molecule has 0 bridgehead atoms. The zero-order valence-corrected chi connectivity index (χ0v) is 13.6. The second kappa shape index (κ2) is 8.02. The summed E-state index contributed by atoms with van der Waals surface area (Å²) in [5.74, 6) is -0.859. The molecule has 1 amide bonds. The first kappa shape index (κ1) is 17.5. The van der Waals surface area contributed by atoms with Crippen molar-refractivity contribution in [1.82, 2.24) is 20.1 Å². The average molecular weight is 314 g/mol. The summed E-state index contributed by atoms with van der Waals surface area (Å²) in [5, 5.41) is 20.1. The molecular weight excluding hydrogens is 292 g/mol. The number of carbonyl (C=O) groups is 2. The van der Waals surface area contributed by atoms with Gasteiger partial charge in [-0.05, 0) is 19.8 Å². The monoisotopic (exact) mass is 314 g/mol. The van der Waals surface area contributed by atoms with Gasteiger partial charge in [0.25, 0.3) is 0 Å². The fraction of sp³-hybridized carbons (Fsp3) is 0.692. The molecule has 1 aromatic heterocycles. The first-order valence-electron chi connectivity index (χ1n) is 6.84. The Labute approximate surface area is 128 Å². The molecule has 0 saturated heterocycles. The van der Waals surface area contributed by atoms with E-state index in [0.717, 1.165) is 0 Å². The number of carboxylic acid groups (broad SMARTS) is 1. The summed E-state index contributed by atoms with van der Waals surface area (Å²) in [6, 6.07) is -0.139. The van der Waals surface area contributed by atoms with Crippen molar-refractivity contribution >= 4 is 23.6 Å². The van der Waals surface area contributed by atoms with Gasteiger partial charge < -0.3 is 15.0 Å². The van der Waals surface area contributed by atoms with Crippen LogP contribution in [0.3, 0.4) is 0 Å². The van der Waals surface area contributed by atoms with Crippen molar-refractivity contribution in [3.63, 3.8) is 0 Å². The quantitative estimate of drug-likeness (QED) is 0.707. The number of carbonyl (C=O) groups excluding carboxylic acids is 1. The Kier molecular flexibility index (Phi) is 6.67. The molecular formula is C13H22N4O3S. The summed E-state index contributed by atoms with van der Waals surface area (Å²) in [5.41, 5.74) is 0. The molecule has 0 aliphatic carbocycles. The van der Waals surface area contributed by atoms with Gasteiger partial charge in [-0.15, -0.1) is 10.2 Å². The Morgan fingerprint density at radius 2 is 2.05 bits per heavy atom. The van der Waals surface area contributed by atoms with E-state index >= 15 is 0 Å². The lowest BCUT2D eigenvalue weighted by molar-refractivity contribution is -0.138. The highest BCUT2D eigenvalue weighted by Gasteiger charge is 2.20. The number of aromatic nitrogens is 3. The van der Waals surface area contributed by atoms with Crippen LogP contribution >= 0.6 is 11.8 Å². The van der Waals surface area contributed by atoms with Crippen LogP contribution in [0.4, 0.5) is 0 Å². The van der Waals surface area contributed by atoms with E-state index in [-0.39, 0.29) is 36.1 Å². The van der Waals surface area contributed by atoms with Crippen LogP contribution in [0, 0.1) is 5.92 Å². The summed E-state index contributed by atoms with van der Waals surface area (Å²) in [6.07, 6.45) is 1.56. The number of aliphatic carboxylic acids is 1. The normalized spacial score (nSPS) is 12.7. The molecule has 0 aliphatic rings. The van der Waals surface area contributed by atoms with Crippen LogP contribution in [-0.2, 0) is 9.59 Å². The van der Waals surface area contributed by atoms with E-state index < -0.39 is 5.97 Å². The van der Waals surface area contributed by atoms with E-state index in [1.54, 1.807) is 6.33 Å². The first-order chi connectivity index (χ1) is 9.81. The van der Waals surface area contributed by atoms with E-state index in [1.165, 1.54) is 11.8 Å². The minimum atomic E-state index is -0.916. The Hall–Kier alpha value is -1.57. The van der Waals surface area contributed by atoms with Gasteiger partial charge in [-0.3, -0.25) is 9.59 Å². The zero-order valence-electron chi connectivity index (χ0n) is 12.7. The number of amides is 1. The highest BCUT2D eigenvalue weighted by molar-refractivity contribution is 7.99. The van der Waals surface area contributed by atoms with Crippen LogP contribution in [0.5, 0.6) is 0 Å². The first-order valence-corrected chi connectivity index (χ1v) is 7.83. The molecule has 0 fully saturated rings. The second-order valence-electron chi connectivity index (χ2n) is 5.42. The Morgan fingerprint density at radius 3 is 2.57 bits per heavy atom. The van der Waals surface area contributed by atoms with Gasteiger partial charge in [-0.2, -0.15) is 0 Å². The number of rotatable bonds is 8. The van der Waals surface area contributed by atoms with E-state index in [9.17, 15) is 9.59 Å². The second-order valence-corrected chi connectivity index (χ2v) is 6.36. The predicted octanol–water partition coefficient (Wildman–Crippen LogP) is 1.57. The highest BCUT2D eigenvalue weighted by atomic mass is 32.2. The van der Waals surface area contributed by atoms with E-state index in [2.05, 4.69) is 15.5 Å². The van der Waals surface area contributed by atoms with Crippen LogP contribution in [0.2, 0.25) is 0 Å². The van der Waals surface area contributed by atoms with E-state index in [4.69, 9.17) is 5.11 Å². The number of thioether (sulfide) groups is 1. The smallest absolute Gasteiger partial charge is 0.305 e. The number of nitrogens with one attached hydrogen (secondary N) is 1. The Balaban J connectivity index is 2.53. The van der Waals surface area contributed by atoms with Crippen molar-refractivity contribution in [3.8, 4) is 0 Å². The van der Waals surface area contributed by atoms with Crippen LogP contribution in [0.1, 0.15) is 40.2 Å². The van der Waals surface area contributed by atoms with E-state index in [1.807, 2.05) is 32.3 Å². The fourth-order valence-electron chi connectivity index (χ4n) is 1.71. The largest absolute Gasteiger partial charge is 0.481 e. The maximum atomic E-state index is 11.9. The summed E-state index contributed by atoms with van der Waals surface area (Å²) < 4.78 is 1.88. The topological polar surface area (TPSA) is 97.1 Å². The maximum Gasteiger partial charge on any atom is 0.305 e. The molecule has 0 aromatic carbocycles. The van der Waals surface area contributed by atoms with Gasteiger partial charge in [0.05, 0.1) is 12.2 Å². The molecule has 0 aliphatic heterocycles. The van der Waals surface area contributed by atoms with Gasteiger partial charge in [-0.25, -0.2) is 0 Å². The lowest BCUT2D eigenvalue weighted by Crippen LogP contribution is -2.41. The van der Waals surface area contributed by atoms with Crippen LogP contribution < -0.4 is 5.32 Å². The van der Waals surface area contributed by atoms with E-state index in [0.29, 0.717) is 5.16 Å². The molecule has 21 heavy (non-hydrogen) atoms. The minimum absolute atomic E-state index is 0.0642. The molecule has 1 rings (SSSR count). The summed E-state index contributed by atoms with van der Waals surface area (Å²) >= 11 is 1.29. The third-order valence-electron chi connectivity index (χ3n) is 2.97. The number of carboxylic acids is 1. The maximum absolute atomic E-state index is 11.9. The number of nitrogens with zero attached hydrogens (tertiary/aromatic N) is 3. The summed E-state index contributed by atoms with van der Waals surface area (Å²) in [4.78, 5) is 22.7. The molecule has 7 nitrogen and oxygen atoms in total. The molecule has 0 spiro atoms. The standard InChI is InChI=1S/C13H22N4O3S/c1-8(2)10(5-12(19)20)15-11(18)6-21-13-16-14-7-17(13)9(3)4/h7-10H,5-6H2,1-4H3,(H,15,18)(H,19,20). The molecule has 1 unspecified atom stereocenters. The molecule has 1 heterocycles. The van der Waals surface area contributed by atoms with Crippen LogP contribution in [0.15, 0.2) is 11.5 Å². The van der Waals surface area contributed by atoms with Crippen molar-refractivity contribution in [2.45, 2.75) is 51.4 Å². The lowest BCUT2D eigenvalue weighted by Gasteiger charge is -2.20. The number of hydrogen-bond donors (Lipinski definition) is 2. The highest BCUT2D eigenvalue weighted by Crippen LogP contribution is 2.18. The van der Waals surface area contributed by atoms with Gasteiger partial charge in [0.1, 0.15) is 6.33 Å². The molecule has 1 atom stereocenters. The van der Waals surface area contributed by atoms with Gasteiger partial charge in [0.2, 0.25) is 5.91 Å². The Morgan fingerprint density at radius 1 is 1.38 bits per heavy atom.